The molecule has 2 aromatic carbocycles. The van der Waals surface area contributed by atoms with Crippen LogP contribution in [0.2, 0.25) is 5.02 Å². The lowest BCUT2D eigenvalue weighted by Gasteiger charge is -2.25. The van der Waals surface area contributed by atoms with Gasteiger partial charge in [0.1, 0.15) is 0 Å². The summed E-state index contributed by atoms with van der Waals surface area (Å²) in [6, 6.07) is 15.5. The van der Waals surface area contributed by atoms with Crippen LogP contribution in [0.5, 0.6) is 0 Å². The van der Waals surface area contributed by atoms with Crippen LogP contribution < -0.4 is 5.32 Å². The van der Waals surface area contributed by atoms with Gasteiger partial charge in [-0.2, -0.15) is 0 Å². The first kappa shape index (κ1) is 11.3. The Labute approximate surface area is 111 Å². The van der Waals surface area contributed by atoms with Gasteiger partial charge in [-0.15, -0.1) is 0 Å². The molecule has 0 saturated heterocycles. The van der Waals surface area contributed by atoms with E-state index >= 15 is 0 Å². The Hall–Kier alpha value is -1.80. The number of benzene rings is 2. The van der Waals surface area contributed by atoms with Gasteiger partial charge in [-0.25, -0.2) is 0 Å². The summed E-state index contributed by atoms with van der Waals surface area (Å²) in [6.07, 6.45) is 0. The van der Waals surface area contributed by atoms with Crippen LogP contribution in [0.3, 0.4) is 0 Å². The number of nitrogens with one attached hydrogen (secondary N) is 1. The third-order valence-electron chi connectivity index (χ3n) is 3.28. The van der Waals surface area contributed by atoms with Crippen LogP contribution in [0.25, 0.3) is 0 Å². The molecule has 0 aliphatic carbocycles. The minimum atomic E-state index is -0.229. The van der Waals surface area contributed by atoms with E-state index in [1.165, 1.54) is 5.56 Å². The number of hydrogen-bond donors (Lipinski definition) is 1. The van der Waals surface area contributed by atoms with E-state index in [0.717, 1.165) is 11.1 Å². The van der Waals surface area contributed by atoms with E-state index in [0.29, 0.717) is 11.6 Å². The third kappa shape index (κ3) is 1.89. The molecule has 1 amide bonds. The first-order valence-corrected chi connectivity index (χ1v) is 6.24. The Kier molecular flexibility index (Phi) is 2.80. The summed E-state index contributed by atoms with van der Waals surface area (Å²) in [6.45, 7) is 0.610. The highest BCUT2D eigenvalue weighted by Crippen LogP contribution is 2.31. The number of halogens is 1. The molecule has 2 aromatic rings. The molecule has 0 aromatic heterocycles. The highest BCUT2D eigenvalue weighted by molar-refractivity contribution is 6.30. The predicted octanol–water partition coefficient (Wildman–Crippen LogP) is 3.10. The number of carbonyl (C=O) groups is 1. The van der Waals surface area contributed by atoms with Crippen molar-refractivity contribution in [2.24, 2.45) is 0 Å². The van der Waals surface area contributed by atoms with Gasteiger partial charge in [0.05, 0.1) is 5.92 Å². The fourth-order valence-corrected chi connectivity index (χ4v) is 2.51. The molecule has 1 unspecified atom stereocenters. The molecule has 3 heteroatoms. The lowest BCUT2D eigenvalue weighted by molar-refractivity contribution is -0.122. The molecule has 18 heavy (non-hydrogen) atoms. The maximum atomic E-state index is 12.1. The molecule has 90 valence electrons. The standard InChI is InChI=1S/C15H12ClNO/c16-12-7-5-10(6-8-12)14-13-4-2-1-3-11(13)9-17-15(14)18/h1-8,14H,9H2,(H,17,18). The second-order valence-corrected chi connectivity index (χ2v) is 4.84. The van der Waals surface area contributed by atoms with Crippen molar-refractivity contribution in [3.8, 4) is 0 Å². The Bertz CT molecular complexity index is 592. The summed E-state index contributed by atoms with van der Waals surface area (Å²) < 4.78 is 0. The van der Waals surface area contributed by atoms with E-state index in [9.17, 15) is 4.79 Å². The highest BCUT2D eigenvalue weighted by atomic mass is 35.5. The van der Waals surface area contributed by atoms with Gasteiger partial charge in [-0.3, -0.25) is 4.79 Å². The second-order valence-electron chi connectivity index (χ2n) is 4.40. The van der Waals surface area contributed by atoms with E-state index < -0.39 is 0 Å². The molecule has 1 atom stereocenters. The number of amides is 1. The molecule has 3 rings (SSSR count). The molecule has 1 heterocycles. The summed E-state index contributed by atoms with van der Waals surface area (Å²) in [5.74, 6) is -0.178. The SMILES string of the molecule is O=C1NCc2ccccc2C1c1ccc(Cl)cc1. The van der Waals surface area contributed by atoms with Gasteiger partial charge in [0.25, 0.3) is 0 Å². The van der Waals surface area contributed by atoms with Gasteiger partial charge >= 0.3 is 0 Å². The second kappa shape index (κ2) is 4.46. The van der Waals surface area contributed by atoms with E-state index in [1.54, 1.807) is 0 Å². The van der Waals surface area contributed by atoms with Crippen molar-refractivity contribution in [3.05, 3.63) is 70.2 Å². The fourth-order valence-electron chi connectivity index (χ4n) is 2.39. The number of rotatable bonds is 1. The maximum absolute atomic E-state index is 12.1. The van der Waals surface area contributed by atoms with E-state index in [1.807, 2.05) is 42.5 Å². The van der Waals surface area contributed by atoms with Crippen LogP contribution in [0.1, 0.15) is 22.6 Å². The van der Waals surface area contributed by atoms with Crippen molar-refractivity contribution in [2.45, 2.75) is 12.5 Å². The van der Waals surface area contributed by atoms with Crippen molar-refractivity contribution in [1.29, 1.82) is 0 Å². The summed E-state index contributed by atoms with van der Waals surface area (Å²) in [7, 11) is 0. The van der Waals surface area contributed by atoms with Crippen LogP contribution in [0, 0.1) is 0 Å². The number of fused-ring (bicyclic) bond motifs is 1. The summed E-state index contributed by atoms with van der Waals surface area (Å²) in [5.41, 5.74) is 3.24. The predicted molar refractivity (Wildman–Crippen MR) is 71.6 cm³/mol. The summed E-state index contributed by atoms with van der Waals surface area (Å²) in [5, 5.41) is 3.61. The van der Waals surface area contributed by atoms with Crippen molar-refractivity contribution in [3.63, 3.8) is 0 Å². The van der Waals surface area contributed by atoms with E-state index in [4.69, 9.17) is 11.6 Å². The molecule has 2 nitrogen and oxygen atoms in total. The van der Waals surface area contributed by atoms with Gasteiger partial charge in [0.15, 0.2) is 0 Å². The quantitative estimate of drug-likeness (QED) is 0.836. The average Bonchev–Trinajstić information content (AvgIpc) is 2.40. The first-order chi connectivity index (χ1) is 8.75. The van der Waals surface area contributed by atoms with Crippen LogP contribution in [-0.2, 0) is 11.3 Å². The first-order valence-electron chi connectivity index (χ1n) is 5.86. The van der Waals surface area contributed by atoms with E-state index in [2.05, 4.69) is 11.4 Å². The van der Waals surface area contributed by atoms with Gasteiger partial charge < -0.3 is 5.32 Å². The average molecular weight is 258 g/mol. The molecule has 0 bridgehead atoms. The Morgan fingerprint density at radius 1 is 1.06 bits per heavy atom. The fraction of sp³-hybridized carbons (Fsp3) is 0.133. The van der Waals surface area contributed by atoms with Crippen molar-refractivity contribution in [2.75, 3.05) is 0 Å². The molecule has 0 fully saturated rings. The minimum absolute atomic E-state index is 0.0519. The summed E-state index contributed by atoms with van der Waals surface area (Å²) in [4.78, 5) is 12.1. The largest absolute Gasteiger partial charge is 0.351 e. The van der Waals surface area contributed by atoms with Gasteiger partial charge in [0.2, 0.25) is 5.91 Å². The zero-order chi connectivity index (χ0) is 12.5. The molecule has 0 saturated carbocycles. The van der Waals surface area contributed by atoms with Crippen LogP contribution in [0.4, 0.5) is 0 Å². The third-order valence-corrected chi connectivity index (χ3v) is 3.54. The van der Waals surface area contributed by atoms with Crippen LogP contribution >= 0.6 is 11.6 Å². The zero-order valence-electron chi connectivity index (χ0n) is 9.69. The van der Waals surface area contributed by atoms with Crippen molar-refractivity contribution >= 4 is 17.5 Å². The molecule has 1 aliphatic rings. The monoisotopic (exact) mass is 257 g/mol. The molecule has 1 aliphatic heterocycles. The molecule has 0 radical (unpaired) electrons. The normalized spacial score (nSPS) is 18.1. The molecule has 1 N–H and O–H groups in total. The van der Waals surface area contributed by atoms with Gasteiger partial charge in [0, 0.05) is 11.6 Å². The van der Waals surface area contributed by atoms with Crippen molar-refractivity contribution < 1.29 is 4.79 Å². The minimum Gasteiger partial charge on any atom is -0.351 e. The summed E-state index contributed by atoms with van der Waals surface area (Å²) >= 11 is 5.89. The molecular weight excluding hydrogens is 246 g/mol. The van der Waals surface area contributed by atoms with Crippen molar-refractivity contribution in [1.82, 2.24) is 5.32 Å². The maximum Gasteiger partial charge on any atom is 0.232 e. The van der Waals surface area contributed by atoms with E-state index in [-0.39, 0.29) is 11.8 Å². The lowest BCUT2D eigenvalue weighted by Crippen LogP contribution is -2.35. The number of carbonyl (C=O) groups excluding carboxylic acids is 1. The Balaban J connectivity index is 2.10. The smallest absolute Gasteiger partial charge is 0.232 e. The van der Waals surface area contributed by atoms with Crippen LogP contribution in [0.15, 0.2) is 48.5 Å². The lowest BCUT2D eigenvalue weighted by atomic mass is 9.85. The Morgan fingerprint density at radius 2 is 1.78 bits per heavy atom. The van der Waals surface area contributed by atoms with Gasteiger partial charge in [-0.05, 0) is 28.8 Å². The number of hydrogen-bond acceptors (Lipinski definition) is 1. The molecule has 0 spiro atoms. The topological polar surface area (TPSA) is 29.1 Å². The Morgan fingerprint density at radius 3 is 2.56 bits per heavy atom. The zero-order valence-corrected chi connectivity index (χ0v) is 10.4. The van der Waals surface area contributed by atoms with Gasteiger partial charge in [-0.1, -0.05) is 48.0 Å². The highest BCUT2D eigenvalue weighted by Gasteiger charge is 2.28. The van der Waals surface area contributed by atoms with Crippen LogP contribution in [-0.4, -0.2) is 5.91 Å². The molecular formula is C15H12ClNO.